The average molecular weight is 325 g/mol. The van der Waals surface area contributed by atoms with Gasteiger partial charge in [-0.3, -0.25) is 14.5 Å². The molecular weight excluding hydrogens is 310 g/mol. The molecule has 0 bridgehead atoms. The highest BCUT2D eigenvalue weighted by Gasteiger charge is 2.31. The summed E-state index contributed by atoms with van der Waals surface area (Å²) in [5.41, 5.74) is 0. The minimum atomic E-state index is -0.825. The number of thiocarbonyl (C=S) groups is 1. The van der Waals surface area contributed by atoms with E-state index in [-0.39, 0.29) is 12.3 Å². The Morgan fingerprint density at radius 1 is 1.48 bits per heavy atom. The largest absolute Gasteiger partial charge is 0.481 e. The number of furan rings is 1. The number of rotatable bonds is 6. The van der Waals surface area contributed by atoms with Gasteiger partial charge in [0.05, 0.1) is 4.91 Å². The van der Waals surface area contributed by atoms with Crippen molar-refractivity contribution in [2.75, 3.05) is 6.54 Å². The number of carbonyl (C=O) groups excluding carboxylic acids is 1. The van der Waals surface area contributed by atoms with Gasteiger partial charge in [-0.25, -0.2) is 0 Å². The first-order valence-corrected chi connectivity index (χ1v) is 7.73. The van der Waals surface area contributed by atoms with Gasteiger partial charge < -0.3 is 9.52 Å². The molecule has 1 N–H and O–H groups in total. The molecule has 0 unspecified atom stereocenters. The molecule has 5 nitrogen and oxygen atoms in total. The molecule has 1 aliphatic rings. The Bertz CT molecular complexity index is 606. The number of hydrogen-bond donors (Lipinski definition) is 1. The fourth-order valence-corrected chi connectivity index (χ4v) is 3.19. The van der Waals surface area contributed by atoms with Gasteiger partial charge in [0.2, 0.25) is 0 Å². The topological polar surface area (TPSA) is 70.8 Å². The van der Waals surface area contributed by atoms with Crippen LogP contribution in [0.15, 0.2) is 21.5 Å². The first-order valence-electron chi connectivity index (χ1n) is 6.51. The van der Waals surface area contributed by atoms with Gasteiger partial charge in [0.1, 0.15) is 15.8 Å². The number of unbranched alkanes of at least 4 members (excludes halogenated alkanes) is 1. The molecule has 0 aromatic carbocycles. The third-order valence-corrected chi connectivity index (χ3v) is 4.31. The van der Waals surface area contributed by atoms with E-state index < -0.39 is 5.97 Å². The van der Waals surface area contributed by atoms with E-state index >= 15 is 0 Å². The van der Waals surface area contributed by atoms with Crippen molar-refractivity contribution in [3.8, 4) is 0 Å². The lowest BCUT2D eigenvalue weighted by atomic mass is 10.2. The third kappa shape index (κ3) is 4.18. The predicted octanol–water partition coefficient (Wildman–Crippen LogP) is 3.04. The van der Waals surface area contributed by atoms with E-state index in [2.05, 4.69) is 0 Å². The van der Waals surface area contributed by atoms with E-state index in [0.29, 0.717) is 34.4 Å². The molecule has 1 aromatic heterocycles. The molecule has 1 saturated heterocycles. The molecule has 0 atom stereocenters. The zero-order chi connectivity index (χ0) is 15.4. The zero-order valence-electron chi connectivity index (χ0n) is 11.5. The van der Waals surface area contributed by atoms with E-state index in [1.165, 1.54) is 16.7 Å². The normalized spacial score (nSPS) is 17.0. The minimum absolute atomic E-state index is 0.107. The number of amides is 1. The number of hydrogen-bond acceptors (Lipinski definition) is 5. The van der Waals surface area contributed by atoms with Gasteiger partial charge in [-0.2, -0.15) is 0 Å². The lowest BCUT2D eigenvalue weighted by Crippen LogP contribution is -2.29. The number of carboxylic acid groups (broad SMARTS) is 1. The second-order valence-corrected chi connectivity index (χ2v) is 6.31. The van der Waals surface area contributed by atoms with E-state index in [1.54, 1.807) is 12.1 Å². The van der Waals surface area contributed by atoms with Crippen LogP contribution in [0.3, 0.4) is 0 Å². The van der Waals surface area contributed by atoms with Crippen LogP contribution in [0.4, 0.5) is 0 Å². The fraction of sp³-hybridized carbons (Fsp3) is 0.357. The quantitative estimate of drug-likeness (QED) is 0.492. The Balaban J connectivity index is 1.96. The Morgan fingerprint density at radius 2 is 2.24 bits per heavy atom. The first-order chi connectivity index (χ1) is 9.97. The Labute approximate surface area is 132 Å². The number of carboxylic acids is 1. The Morgan fingerprint density at radius 3 is 2.86 bits per heavy atom. The zero-order valence-corrected chi connectivity index (χ0v) is 13.1. The highest BCUT2D eigenvalue weighted by Crippen LogP contribution is 2.32. The molecule has 1 aliphatic heterocycles. The van der Waals surface area contributed by atoms with Crippen molar-refractivity contribution in [1.82, 2.24) is 4.90 Å². The minimum Gasteiger partial charge on any atom is -0.481 e. The van der Waals surface area contributed by atoms with Crippen molar-refractivity contribution < 1.29 is 19.1 Å². The maximum atomic E-state index is 12.2. The van der Waals surface area contributed by atoms with E-state index in [1.807, 2.05) is 13.0 Å². The van der Waals surface area contributed by atoms with Crippen LogP contribution in [-0.2, 0) is 9.59 Å². The third-order valence-electron chi connectivity index (χ3n) is 2.93. The van der Waals surface area contributed by atoms with Crippen LogP contribution in [0.5, 0.6) is 0 Å². The summed E-state index contributed by atoms with van der Waals surface area (Å²) in [6.07, 6.45) is 2.94. The molecule has 0 aliphatic carbocycles. The standard InChI is InChI=1S/C14H15NO4S2/c1-9-5-6-10(19-9)8-11-13(18)15(14(20)21-11)7-3-2-4-12(16)17/h5-6,8H,2-4,7H2,1H3,(H,16,17)/b11-8+. The van der Waals surface area contributed by atoms with Gasteiger partial charge in [0.15, 0.2) is 0 Å². The predicted molar refractivity (Wildman–Crippen MR) is 84.8 cm³/mol. The number of nitrogens with zero attached hydrogens (tertiary/aromatic N) is 1. The summed E-state index contributed by atoms with van der Waals surface area (Å²) < 4.78 is 5.92. The second-order valence-electron chi connectivity index (χ2n) is 4.63. The summed E-state index contributed by atoms with van der Waals surface area (Å²) in [7, 11) is 0. The molecule has 1 amide bonds. The van der Waals surface area contributed by atoms with Crippen LogP contribution in [0.1, 0.15) is 30.8 Å². The van der Waals surface area contributed by atoms with Gasteiger partial charge in [-0.1, -0.05) is 24.0 Å². The average Bonchev–Trinajstić information content (AvgIpc) is 2.92. The van der Waals surface area contributed by atoms with Gasteiger partial charge >= 0.3 is 5.97 Å². The molecule has 2 rings (SSSR count). The van der Waals surface area contributed by atoms with Crippen molar-refractivity contribution in [3.63, 3.8) is 0 Å². The van der Waals surface area contributed by atoms with Crippen molar-refractivity contribution in [2.45, 2.75) is 26.2 Å². The molecule has 7 heteroatoms. The Kier molecular flexibility index (Phi) is 5.19. The Hall–Kier alpha value is -1.60. The second kappa shape index (κ2) is 6.91. The maximum Gasteiger partial charge on any atom is 0.303 e. The molecule has 0 spiro atoms. The summed E-state index contributed by atoms with van der Waals surface area (Å²) >= 11 is 6.44. The van der Waals surface area contributed by atoms with Crippen molar-refractivity contribution in [1.29, 1.82) is 0 Å². The van der Waals surface area contributed by atoms with Crippen LogP contribution in [0.25, 0.3) is 6.08 Å². The molecule has 1 aromatic rings. The SMILES string of the molecule is Cc1ccc(/C=C2/SC(=S)N(CCCCC(=O)O)C2=O)o1. The number of carbonyl (C=O) groups is 2. The smallest absolute Gasteiger partial charge is 0.303 e. The van der Waals surface area contributed by atoms with Crippen molar-refractivity contribution >= 4 is 46.3 Å². The van der Waals surface area contributed by atoms with Crippen LogP contribution in [-0.4, -0.2) is 32.7 Å². The van der Waals surface area contributed by atoms with E-state index in [0.717, 1.165) is 5.76 Å². The summed E-state index contributed by atoms with van der Waals surface area (Å²) in [5, 5.41) is 8.59. The highest BCUT2D eigenvalue weighted by atomic mass is 32.2. The first kappa shape index (κ1) is 15.8. The molecule has 2 heterocycles. The van der Waals surface area contributed by atoms with Gasteiger partial charge in [0, 0.05) is 19.0 Å². The van der Waals surface area contributed by atoms with Gasteiger partial charge in [0.25, 0.3) is 5.91 Å². The lowest BCUT2D eigenvalue weighted by Gasteiger charge is -2.13. The summed E-state index contributed by atoms with van der Waals surface area (Å²) in [6, 6.07) is 3.63. The summed E-state index contributed by atoms with van der Waals surface area (Å²) in [6.45, 7) is 2.29. The van der Waals surface area contributed by atoms with Crippen molar-refractivity contribution in [3.05, 3.63) is 28.6 Å². The highest BCUT2D eigenvalue weighted by molar-refractivity contribution is 8.26. The molecule has 112 valence electrons. The van der Waals surface area contributed by atoms with Crippen LogP contribution < -0.4 is 0 Å². The number of aliphatic carboxylic acids is 1. The molecular formula is C14H15NO4S2. The van der Waals surface area contributed by atoms with E-state index in [4.69, 9.17) is 21.7 Å². The van der Waals surface area contributed by atoms with Crippen LogP contribution in [0.2, 0.25) is 0 Å². The molecule has 21 heavy (non-hydrogen) atoms. The van der Waals surface area contributed by atoms with Crippen LogP contribution in [0, 0.1) is 6.92 Å². The fourth-order valence-electron chi connectivity index (χ4n) is 1.90. The molecule has 0 radical (unpaired) electrons. The van der Waals surface area contributed by atoms with E-state index in [9.17, 15) is 9.59 Å². The number of aryl methyl sites for hydroxylation is 1. The molecule has 0 saturated carbocycles. The summed E-state index contributed by atoms with van der Waals surface area (Å²) in [4.78, 5) is 24.7. The van der Waals surface area contributed by atoms with Crippen molar-refractivity contribution in [2.24, 2.45) is 0 Å². The number of thioether (sulfide) groups is 1. The maximum absolute atomic E-state index is 12.2. The van der Waals surface area contributed by atoms with Crippen LogP contribution >= 0.6 is 24.0 Å². The summed E-state index contributed by atoms with van der Waals surface area (Å²) in [5.74, 6) is 0.437. The van der Waals surface area contributed by atoms with Gasteiger partial charge in [-0.15, -0.1) is 0 Å². The molecule has 1 fully saturated rings. The lowest BCUT2D eigenvalue weighted by molar-refractivity contribution is -0.137. The van der Waals surface area contributed by atoms with Gasteiger partial charge in [-0.05, 0) is 31.9 Å². The monoisotopic (exact) mass is 325 g/mol.